The number of aliphatic hydroxyl groups is 1. The van der Waals surface area contributed by atoms with Gasteiger partial charge in [0.05, 0.1) is 6.10 Å². The van der Waals surface area contributed by atoms with Crippen molar-refractivity contribution in [3.63, 3.8) is 0 Å². The molecule has 27 heavy (non-hydrogen) atoms. The first-order valence-corrected chi connectivity index (χ1v) is 13.4. The smallest absolute Gasteiger partial charge is 0.136 e. The molecule has 2 nitrogen and oxygen atoms in total. The summed E-state index contributed by atoms with van der Waals surface area (Å²) in [5, 5.41) is 10.0. The summed E-state index contributed by atoms with van der Waals surface area (Å²) in [5.41, 5.74) is 0. The van der Waals surface area contributed by atoms with Crippen LogP contribution in [-0.2, 0) is 0 Å². The Bertz CT molecular complexity index is 324. The summed E-state index contributed by atoms with van der Waals surface area (Å²) < 4.78 is 0.995. The molecule has 0 radical (unpaired) electrons. The second kappa shape index (κ2) is 19.8. The van der Waals surface area contributed by atoms with E-state index in [4.69, 9.17) is 12.2 Å². The Kier molecular flexibility index (Phi) is 21.9. The van der Waals surface area contributed by atoms with Gasteiger partial charge in [-0.25, -0.2) is 0 Å². The number of unbranched alkanes of at least 4 members (excludes halogenated alkanes) is 2. The van der Waals surface area contributed by atoms with Crippen LogP contribution < -0.4 is 0 Å². The van der Waals surface area contributed by atoms with Crippen LogP contribution in [0.25, 0.3) is 0 Å². The number of hydrogen-bond donors (Lipinski definition) is 1. The Hall–Kier alpha value is 0.550. The third-order valence-electron chi connectivity index (χ3n) is 5.06. The molecule has 0 aromatic heterocycles. The Morgan fingerprint density at radius 1 is 0.926 bits per heavy atom. The first kappa shape index (κ1) is 29.7. The second-order valence-corrected chi connectivity index (χ2v) is 9.99. The molecule has 0 saturated carbocycles. The second-order valence-electron chi connectivity index (χ2n) is 7.42. The van der Waals surface area contributed by atoms with Gasteiger partial charge in [-0.2, -0.15) is 11.8 Å². The Morgan fingerprint density at radius 3 is 1.78 bits per heavy atom. The van der Waals surface area contributed by atoms with Gasteiger partial charge in [0.2, 0.25) is 0 Å². The largest absolute Gasteiger partial charge is 0.391 e. The van der Waals surface area contributed by atoms with Crippen LogP contribution in [-0.4, -0.2) is 51.3 Å². The number of thioether (sulfide) groups is 2. The van der Waals surface area contributed by atoms with Crippen LogP contribution in [0.4, 0.5) is 0 Å². The molecule has 0 rings (SSSR count). The van der Waals surface area contributed by atoms with E-state index in [1.807, 2.05) is 6.26 Å². The van der Waals surface area contributed by atoms with Gasteiger partial charge in [0, 0.05) is 24.6 Å². The fraction of sp³-hybridized carbons (Fsp3) is 0.955. The molecule has 164 valence electrons. The van der Waals surface area contributed by atoms with Crippen LogP contribution in [0.1, 0.15) is 86.5 Å². The van der Waals surface area contributed by atoms with E-state index in [1.54, 1.807) is 23.5 Å². The van der Waals surface area contributed by atoms with Crippen LogP contribution in [0.5, 0.6) is 0 Å². The molecule has 1 N–H and O–H groups in total. The molecule has 0 saturated heterocycles. The lowest BCUT2D eigenvalue weighted by Gasteiger charge is -2.32. The fourth-order valence-electron chi connectivity index (χ4n) is 3.18. The molecule has 0 aliphatic rings. The number of hydrogen-bond acceptors (Lipinski definition) is 4. The maximum Gasteiger partial charge on any atom is 0.136 e. The van der Waals surface area contributed by atoms with Gasteiger partial charge in [0.1, 0.15) is 4.32 Å². The van der Waals surface area contributed by atoms with E-state index < -0.39 is 0 Å². The average molecular weight is 438 g/mol. The van der Waals surface area contributed by atoms with E-state index in [0.717, 1.165) is 35.0 Å². The maximum absolute atomic E-state index is 10.0. The van der Waals surface area contributed by atoms with Gasteiger partial charge in [-0.05, 0) is 30.9 Å². The highest BCUT2D eigenvalue weighted by Crippen LogP contribution is 2.22. The first-order chi connectivity index (χ1) is 12.5. The van der Waals surface area contributed by atoms with Crippen LogP contribution in [0.2, 0.25) is 0 Å². The monoisotopic (exact) mass is 437 g/mol. The number of rotatable bonds is 16. The molecule has 0 fully saturated rings. The summed E-state index contributed by atoms with van der Waals surface area (Å²) >= 11 is 9.18. The molecule has 3 atom stereocenters. The van der Waals surface area contributed by atoms with Crippen molar-refractivity contribution >= 4 is 40.1 Å². The van der Waals surface area contributed by atoms with Gasteiger partial charge >= 0.3 is 0 Å². The highest BCUT2D eigenvalue weighted by molar-refractivity contribution is 8.22. The van der Waals surface area contributed by atoms with Crippen molar-refractivity contribution in [2.24, 2.45) is 11.8 Å². The van der Waals surface area contributed by atoms with Gasteiger partial charge in [-0.3, -0.25) is 0 Å². The molecule has 5 heteroatoms. The third kappa shape index (κ3) is 15.1. The predicted octanol–water partition coefficient (Wildman–Crippen LogP) is 7.10. The first-order valence-electron chi connectivity index (χ1n) is 10.6. The van der Waals surface area contributed by atoms with Crippen LogP contribution in [0.3, 0.4) is 0 Å². The Labute approximate surface area is 185 Å². The van der Waals surface area contributed by atoms with Gasteiger partial charge < -0.3 is 10.0 Å². The maximum atomic E-state index is 10.0. The minimum absolute atomic E-state index is 0. The molecule has 0 amide bonds. The van der Waals surface area contributed by atoms with Gasteiger partial charge in [0.25, 0.3) is 0 Å². The van der Waals surface area contributed by atoms with Gasteiger partial charge in [-0.15, -0.1) is 0 Å². The molecule has 0 aliphatic heterocycles. The lowest BCUT2D eigenvalue weighted by atomic mass is 9.96. The third-order valence-corrected chi connectivity index (χ3v) is 7.45. The number of aliphatic hydroxyl groups excluding tert-OH is 1. The zero-order valence-corrected chi connectivity index (χ0v) is 20.3. The van der Waals surface area contributed by atoms with E-state index in [-0.39, 0.29) is 13.5 Å². The lowest BCUT2D eigenvalue weighted by molar-refractivity contribution is 0.225. The van der Waals surface area contributed by atoms with Crippen molar-refractivity contribution in [1.29, 1.82) is 0 Å². The molecular weight excluding hydrogens is 390 g/mol. The van der Waals surface area contributed by atoms with Crippen molar-refractivity contribution in [1.82, 2.24) is 4.90 Å². The standard InChI is InChI=1S/C21H43NOS3.CH4/c1-6-10-12-18(8-3)14-22(15-19(9-4)13-11-7-2)21(24)26-17-20(23)16-25-5;/h18-20,23H,6-17H2,1-5H3;1H4. The molecular formula is C22H47NOS3. The zero-order chi connectivity index (χ0) is 19.8. The predicted molar refractivity (Wildman–Crippen MR) is 134 cm³/mol. The summed E-state index contributed by atoms with van der Waals surface area (Å²) in [6.45, 7) is 11.3. The van der Waals surface area contributed by atoms with E-state index in [2.05, 4.69) is 32.6 Å². The van der Waals surface area contributed by atoms with E-state index in [1.165, 1.54) is 51.4 Å². The highest BCUT2D eigenvalue weighted by atomic mass is 32.2. The van der Waals surface area contributed by atoms with E-state index >= 15 is 0 Å². The summed E-state index contributed by atoms with van der Waals surface area (Å²) in [7, 11) is 0. The van der Waals surface area contributed by atoms with Crippen LogP contribution in [0.15, 0.2) is 0 Å². The van der Waals surface area contributed by atoms with Crippen LogP contribution >= 0.6 is 35.7 Å². The lowest BCUT2D eigenvalue weighted by Crippen LogP contribution is -2.37. The Morgan fingerprint density at radius 2 is 1.41 bits per heavy atom. The molecule has 0 spiro atoms. The summed E-state index contributed by atoms with van der Waals surface area (Å²) in [4.78, 5) is 2.47. The van der Waals surface area contributed by atoms with E-state index in [0.29, 0.717) is 5.75 Å². The average Bonchev–Trinajstić information content (AvgIpc) is 2.65. The minimum atomic E-state index is -0.265. The topological polar surface area (TPSA) is 23.5 Å². The fourth-order valence-corrected chi connectivity index (χ4v) is 4.97. The quantitative estimate of drug-likeness (QED) is 0.259. The Balaban J connectivity index is 0. The molecule has 0 bridgehead atoms. The number of nitrogens with zero attached hydrogens (tertiary/aromatic N) is 1. The van der Waals surface area contributed by atoms with Crippen molar-refractivity contribution in [2.75, 3.05) is 30.9 Å². The van der Waals surface area contributed by atoms with Gasteiger partial charge in [0.15, 0.2) is 0 Å². The van der Waals surface area contributed by atoms with Crippen molar-refractivity contribution in [3.8, 4) is 0 Å². The highest BCUT2D eigenvalue weighted by Gasteiger charge is 2.20. The van der Waals surface area contributed by atoms with Crippen molar-refractivity contribution < 1.29 is 5.11 Å². The summed E-state index contributed by atoms with van der Waals surface area (Å²) in [6, 6.07) is 0. The van der Waals surface area contributed by atoms with Crippen LogP contribution in [0, 0.1) is 11.8 Å². The van der Waals surface area contributed by atoms with Gasteiger partial charge in [-0.1, -0.05) is 97.6 Å². The summed E-state index contributed by atoms with van der Waals surface area (Å²) in [6.07, 6.45) is 12.0. The molecule has 3 unspecified atom stereocenters. The summed E-state index contributed by atoms with van der Waals surface area (Å²) in [5.74, 6) is 2.97. The zero-order valence-electron chi connectivity index (χ0n) is 17.8. The normalized spacial score (nSPS) is 14.3. The number of thiocarbonyl (C=S) groups is 1. The van der Waals surface area contributed by atoms with E-state index in [9.17, 15) is 5.11 Å². The minimum Gasteiger partial charge on any atom is -0.391 e. The SMILES string of the molecule is C.CCCCC(CC)CN(CC(CC)CCCC)C(=S)SCC(O)CSC. The molecule has 0 aromatic carbocycles. The molecule has 0 aliphatic carbocycles. The van der Waals surface area contributed by atoms with Crippen molar-refractivity contribution in [3.05, 3.63) is 0 Å². The molecule has 0 heterocycles. The molecule has 0 aromatic rings. The van der Waals surface area contributed by atoms with Crippen molar-refractivity contribution in [2.45, 2.75) is 92.6 Å².